The van der Waals surface area contributed by atoms with Crippen LogP contribution < -0.4 is 5.56 Å². The van der Waals surface area contributed by atoms with Crippen LogP contribution in [0.25, 0.3) is 6.08 Å². The summed E-state index contributed by atoms with van der Waals surface area (Å²) in [6.07, 6.45) is 2.96. The van der Waals surface area contributed by atoms with Gasteiger partial charge in [-0.15, -0.1) is 0 Å². The Morgan fingerprint density at radius 1 is 1.29 bits per heavy atom. The lowest BCUT2D eigenvalue weighted by Crippen LogP contribution is -2.41. The van der Waals surface area contributed by atoms with Gasteiger partial charge in [-0.05, 0) is 52.3 Å². The second kappa shape index (κ2) is 5.42. The minimum atomic E-state index is -1.02. The Bertz CT molecular complexity index is 606. The Balaban J connectivity index is 2.25. The van der Waals surface area contributed by atoms with E-state index in [-0.39, 0.29) is 5.56 Å². The van der Waals surface area contributed by atoms with Crippen molar-refractivity contribution in [1.82, 2.24) is 4.57 Å². The number of aryl methyl sites for hydroxylation is 1. The van der Waals surface area contributed by atoms with Gasteiger partial charge in [-0.25, -0.2) is 4.39 Å². The number of pyridine rings is 1. The highest BCUT2D eigenvalue weighted by Gasteiger charge is 2.53. The van der Waals surface area contributed by atoms with Crippen LogP contribution in [-0.2, 0) is 15.9 Å². The molecule has 1 aromatic heterocycles. The van der Waals surface area contributed by atoms with E-state index in [2.05, 4.69) is 0 Å². The first-order valence-electron chi connectivity index (χ1n) is 7.09. The van der Waals surface area contributed by atoms with E-state index < -0.39 is 24.0 Å². The molecule has 0 spiro atoms. The molecule has 0 atom stereocenters. The van der Waals surface area contributed by atoms with Gasteiger partial charge in [0.1, 0.15) is 5.73 Å². The van der Waals surface area contributed by atoms with Gasteiger partial charge in [-0.1, -0.05) is 0 Å². The van der Waals surface area contributed by atoms with E-state index >= 15 is 0 Å². The summed E-state index contributed by atoms with van der Waals surface area (Å²) >= 11 is 0. The summed E-state index contributed by atoms with van der Waals surface area (Å²) in [5.74, 6) is 0. The summed E-state index contributed by atoms with van der Waals surface area (Å²) < 4.78 is 27.1. The highest BCUT2D eigenvalue weighted by molar-refractivity contribution is 6.54. The SMILES string of the molecule is CCn1cc(C=C(F)B2OC(C)(C)C(C)(C)O2)ccc1=O. The van der Waals surface area contributed by atoms with Gasteiger partial charge in [0.05, 0.1) is 11.2 Å². The molecule has 0 radical (unpaired) electrons. The molecule has 21 heavy (non-hydrogen) atoms. The number of aromatic nitrogens is 1. The number of nitrogens with zero attached hydrogens (tertiary/aromatic N) is 1. The lowest BCUT2D eigenvalue weighted by molar-refractivity contribution is 0.00578. The van der Waals surface area contributed by atoms with E-state index in [1.54, 1.807) is 12.3 Å². The largest absolute Gasteiger partial charge is 0.525 e. The van der Waals surface area contributed by atoms with Gasteiger partial charge in [0, 0.05) is 18.8 Å². The van der Waals surface area contributed by atoms with E-state index in [1.807, 2.05) is 34.6 Å². The highest BCUT2D eigenvalue weighted by atomic mass is 19.1. The maximum atomic E-state index is 14.3. The monoisotopic (exact) mass is 293 g/mol. The molecule has 4 nitrogen and oxygen atoms in total. The van der Waals surface area contributed by atoms with Gasteiger partial charge >= 0.3 is 7.12 Å². The van der Waals surface area contributed by atoms with Crippen LogP contribution in [0.5, 0.6) is 0 Å². The van der Waals surface area contributed by atoms with Crippen molar-refractivity contribution in [1.29, 1.82) is 0 Å². The van der Waals surface area contributed by atoms with Crippen LogP contribution in [0, 0.1) is 0 Å². The summed E-state index contributed by atoms with van der Waals surface area (Å²) in [5, 5.41) is 0. The first-order chi connectivity index (χ1) is 9.66. The molecule has 0 saturated carbocycles. The van der Waals surface area contributed by atoms with Crippen LogP contribution in [0.4, 0.5) is 4.39 Å². The van der Waals surface area contributed by atoms with Crippen LogP contribution >= 0.6 is 0 Å². The van der Waals surface area contributed by atoms with Gasteiger partial charge in [-0.3, -0.25) is 4.79 Å². The summed E-state index contributed by atoms with van der Waals surface area (Å²) in [7, 11) is -1.02. The zero-order valence-electron chi connectivity index (χ0n) is 13.1. The van der Waals surface area contributed by atoms with Crippen LogP contribution in [0.2, 0.25) is 0 Å². The molecule has 0 N–H and O–H groups in total. The third-order valence-electron chi connectivity index (χ3n) is 4.13. The molecule has 1 fully saturated rings. The molecule has 114 valence electrons. The van der Waals surface area contributed by atoms with Crippen molar-refractivity contribution in [3.63, 3.8) is 0 Å². The first kappa shape index (κ1) is 16.0. The lowest BCUT2D eigenvalue weighted by Gasteiger charge is -2.32. The maximum Gasteiger partial charge on any atom is 0.525 e. The van der Waals surface area contributed by atoms with Crippen molar-refractivity contribution in [2.75, 3.05) is 0 Å². The average molecular weight is 293 g/mol. The van der Waals surface area contributed by atoms with E-state index in [1.165, 1.54) is 16.7 Å². The topological polar surface area (TPSA) is 40.5 Å². The van der Waals surface area contributed by atoms with E-state index in [0.29, 0.717) is 12.1 Å². The van der Waals surface area contributed by atoms with Crippen molar-refractivity contribution in [3.05, 3.63) is 40.0 Å². The van der Waals surface area contributed by atoms with Gasteiger partial charge in [0.15, 0.2) is 0 Å². The standard InChI is InChI=1S/C15H21BFNO3/c1-6-18-10-11(7-8-13(18)19)9-12(17)16-20-14(2,3)15(4,5)21-16/h7-10H,6H2,1-5H3. The fraction of sp³-hybridized carbons (Fsp3) is 0.533. The molecule has 1 aliphatic rings. The molecule has 0 aromatic carbocycles. The molecule has 0 unspecified atom stereocenters. The van der Waals surface area contributed by atoms with E-state index in [0.717, 1.165) is 0 Å². The van der Waals surface area contributed by atoms with Crippen LogP contribution in [-0.4, -0.2) is 22.9 Å². The zero-order chi connectivity index (χ0) is 15.8. The van der Waals surface area contributed by atoms with Crippen molar-refractivity contribution in [3.8, 4) is 0 Å². The Morgan fingerprint density at radius 3 is 2.38 bits per heavy atom. The Kier molecular flexibility index (Phi) is 4.13. The van der Waals surface area contributed by atoms with E-state index in [9.17, 15) is 9.18 Å². The van der Waals surface area contributed by atoms with Crippen molar-refractivity contribution < 1.29 is 13.7 Å². The molecule has 2 heterocycles. The molecule has 6 heteroatoms. The summed E-state index contributed by atoms with van der Waals surface area (Å²) in [4.78, 5) is 11.5. The second-order valence-electron chi connectivity index (χ2n) is 6.20. The Labute approximate surface area is 124 Å². The number of hydrogen-bond donors (Lipinski definition) is 0. The molecule has 0 amide bonds. The average Bonchev–Trinajstić information content (AvgIpc) is 2.61. The third-order valence-corrected chi connectivity index (χ3v) is 4.13. The fourth-order valence-corrected chi connectivity index (χ4v) is 2.07. The van der Waals surface area contributed by atoms with Crippen LogP contribution in [0.1, 0.15) is 40.2 Å². The molecule has 0 bridgehead atoms. The predicted octanol–water partition coefficient (Wildman–Crippen LogP) is 2.81. The van der Waals surface area contributed by atoms with Gasteiger partial charge in [0.2, 0.25) is 0 Å². The Morgan fingerprint density at radius 2 is 1.86 bits per heavy atom. The minimum Gasteiger partial charge on any atom is -0.398 e. The summed E-state index contributed by atoms with van der Waals surface area (Å²) in [5.41, 5.74) is -1.17. The zero-order valence-corrected chi connectivity index (χ0v) is 13.1. The van der Waals surface area contributed by atoms with Crippen LogP contribution in [0.15, 0.2) is 28.9 Å². The van der Waals surface area contributed by atoms with Crippen molar-refractivity contribution in [2.45, 2.75) is 52.4 Å². The normalized spacial score (nSPS) is 20.9. The number of halogens is 1. The maximum absolute atomic E-state index is 14.3. The quantitative estimate of drug-likeness (QED) is 0.805. The molecular weight excluding hydrogens is 272 g/mol. The highest BCUT2D eigenvalue weighted by Crippen LogP contribution is 2.38. The molecule has 2 rings (SSSR count). The molecule has 1 saturated heterocycles. The summed E-state index contributed by atoms with van der Waals surface area (Å²) in [6, 6.07) is 3.01. The van der Waals surface area contributed by atoms with Crippen molar-refractivity contribution >= 4 is 13.2 Å². The third kappa shape index (κ3) is 3.11. The van der Waals surface area contributed by atoms with Gasteiger partial charge in [-0.2, -0.15) is 0 Å². The minimum absolute atomic E-state index is 0.106. The molecule has 0 aliphatic carbocycles. The molecular formula is C15H21BFNO3. The van der Waals surface area contributed by atoms with Gasteiger partial charge < -0.3 is 13.9 Å². The summed E-state index contributed by atoms with van der Waals surface area (Å²) in [6.45, 7) is 9.89. The fourth-order valence-electron chi connectivity index (χ4n) is 2.07. The van der Waals surface area contributed by atoms with Crippen LogP contribution in [0.3, 0.4) is 0 Å². The number of hydrogen-bond acceptors (Lipinski definition) is 3. The lowest BCUT2D eigenvalue weighted by atomic mass is 9.87. The predicted molar refractivity (Wildman–Crippen MR) is 81.5 cm³/mol. The Hall–Kier alpha value is -1.40. The molecule has 1 aromatic rings. The van der Waals surface area contributed by atoms with Crippen molar-refractivity contribution in [2.24, 2.45) is 0 Å². The second-order valence-corrected chi connectivity index (χ2v) is 6.20. The molecule has 1 aliphatic heterocycles. The smallest absolute Gasteiger partial charge is 0.398 e. The number of rotatable bonds is 3. The first-order valence-corrected chi connectivity index (χ1v) is 7.09. The van der Waals surface area contributed by atoms with E-state index in [4.69, 9.17) is 9.31 Å². The van der Waals surface area contributed by atoms with Gasteiger partial charge in [0.25, 0.3) is 5.56 Å².